The van der Waals surface area contributed by atoms with E-state index >= 15 is 0 Å². The van der Waals surface area contributed by atoms with Crippen LogP contribution in [0.25, 0.3) is 0 Å². The highest BCUT2D eigenvalue weighted by Crippen LogP contribution is 2.29. The van der Waals surface area contributed by atoms with Crippen molar-refractivity contribution in [2.75, 3.05) is 6.54 Å². The van der Waals surface area contributed by atoms with E-state index in [0.29, 0.717) is 6.04 Å². The smallest absolute Gasteiger partial charge is 0.0453 e. The van der Waals surface area contributed by atoms with E-state index in [2.05, 4.69) is 24.4 Å². The van der Waals surface area contributed by atoms with Gasteiger partial charge in [-0.1, -0.05) is 29.3 Å². The van der Waals surface area contributed by atoms with E-state index in [-0.39, 0.29) is 0 Å². The number of aryl methyl sites for hydroxylation is 1. The summed E-state index contributed by atoms with van der Waals surface area (Å²) in [4.78, 5) is 0. The van der Waals surface area contributed by atoms with Crippen molar-refractivity contribution in [1.29, 1.82) is 0 Å². The van der Waals surface area contributed by atoms with E-state index in [9.17, 15) is 0 Å². The number of benzene rings is 1. The second-order valence-electron chi connectivity index (χ2n) is 3.67. The lowest BCUT2D eigenvalue weighted by Crippen LogP contribution is -2.13. The molecular formula is C11H14ClN. The molecule has 1 nitrogen and oxygen atoms in total. The summed E-state index contributed by atoms with van der Waals surface area (Å²) in [5.41, 5.74) is 2.55. The molecule has 0 amide bonds. The predicted octanol–water partition coefficient (Wildman–Crippen LogP) is 3.07. The van der Waals surface area contributed by atoms with Gasteiger partial charge in [-0.25, -0.2) is 0 Å². The summed E-state index contributed by atoms with van der Waals surface area (Å²) >= 11 is 6.14. The molecule has 1 aliphatic heterocycles. The van der Waals surface area contributed by atoms with E-state index in [1.54, 1.807) is 0 Å². The quantitative estimate of drug-likeness (QED) is 0.727. The third-order valence-electron chi connectivity index (χ3n) is 2.59. The molecule has 0 aliphatic carbocycles. The van der Waals surface area contributed by atoms with Crippen LogP contribution in [0.2, 0.25) is 5.02 Å². The summed E-state index contributed by atoms with van der Waals surface area (Å²) in [5, 5.41) is 4.35. The zero-order valence-corrected chi connectivity index (χ0v) is 8.56. The molecule has 1 atom stereocenters. The number of nitrogens with one attached hydrogen (secondary N) is 1. The highest BCUT2D eigenvalue weighted by atomic mass is 35.5. The third kappa shape index (κ3) is 1.87. The maximum absolute atomic E-state index is 6.14. The molecule has 1 fully saturated rings. The van der Waals surface area contributed by atoms with Crippen LogP contribution in [0.15, 0.2) is 18.2 Å². The van der Waals surface area contributed by atoms with Gasteiger partial charge in [0.2, 0.25) is 0 Å². The molecule has 1 unspecified atom stereocenters. The van der Waals surface area contributed by atoms with E-state index in [1.165, 1.54) is 24.0 Å². The van der Waals surface area contributed by atoms with Gasteiger partial charge in [0.1, 0.15) is 0 Å². The molecule has 1 aromatic carbocycles. The highest BCUT2D eigenvalue weighted by molar-refractivity contribution is 6.31. The average molecular weight is 196 g/mol. The summed E-state index contributed by atoms with van der Waals surface area (Å²) in [6, 6.07) is 6.71. The fourth-order valence-corrected chi connectivity index (χ4v) is 2.13. The molecule has 2 rings (SSSR count). The normalized spacial score (nSPS) is 22.2. The molecule has 0 radical (unpaired) electrons. The summed E-state index contributed by atoms with van der Waals surface area (Å²) in [5.74, 6) is 0. The molecule has 1 N–H and O–H groups in total. The minimum Gasteiger partial charge on any atom is -0.310 e. The van der Waals surface area contributed by atoms with Crippen LogP contribution in [-0.4, -0.2) is 6.54 Å². The number of rotatable bonds is 1. The van der Waals surface area contributed by atoms with E-state index in [1.807, 2.05) is 6.07 Å². The lowest BCUT2D eigenvalue weighted by atomic mass is 10.0. The van der Waals surface area contributed by atoms with Crippen LogP contribution in [0.5, 0.6) is 0 Å². The molecule has 1 heterocycles. The van der Waals surface area contributed by atoms with Crippen molar-refractivity contribution >= 4 is 11.6 Å². The van der Waals surface area contributed by atoms with E-state index < -0.39 is 0 Å². The first kappa shape index (κ1) is 9.04. The molecule has 0 bridgehead atoms. The Morgan fingerprint density at radius 2 is 2.31 bits per heavy atom. The average Bonchev–Trinajstić information content (AvgIpc) is 2.61. The second kappa shape index (κ2) is 3.69. The summed E-state index contributed by atoms with van der Waals surface area (Å²) in [6.07, 6.45) is 2.47. The molecule has 2 heteroatoms. The van der Waals surface area contributed by atoms with Gasteiger partial charge in [-0.15, -0.1) is 0 Å². The van der Waals surface area contributed by atoms with Gasteiger partial charge in [0.25, 0.3) is 0 Å². The molecular weight excluding hydrogens is 182 g/mol. The maximum atomic E-state index is 6.14. The SMILES string of the molecule is Cc1ccc(Cl)c(C2CCCN2)c1. The molecule has 1 aromatic rings. The Kier molecular flexibility index (Phi) is 2.56. The van der Waals surface area contributed by atoms with Gasteiger partial charge in [-0.05, 0) is 37.9 Å². The Morgan fingerprint density at radius 1 is 1.46 bits per heavy atom. The predicted molar refractivity (Wildman–Crippen MR) is 56.2 cm³/mol. The fraction of sp³-hybridized carbons (Fsp3) is 0.455. The molecule has 70 valence electrons. The minimum absolute atomic E-state index is 0.479. The van der Waals surface area contributed by atoms with Gasteiger partial charge < -0.3 is 5.32 Å². The summed E-state index contributed by atoms with van der Waals surface area (Å²) in [6.45, 7) is 3.23. The molecule has 13 heavy (non-hydrogen) atoms. The zero-order valence-electron chi connectivity index (χ0n) is 7.81. The van der Waals surface area contributed by atoms with Crippen molar-refractivity contribution in [3.63, 3.8) is 0 Å². The van der Waals surface area contributed by atoms with Gasteiger partial charge in [-0.3, -0.25) is 0 Å². The van der Waals surface area contributed by atoms with Crippen LogP contribution in [0, 0.1) is 6.92 Å². The lowest BCUT2D eigenvalue weighted by molar-refractivity contribution is 0.647. The third-order valence-corrected chi connectivity index (χ3v) is 2.93. The van der Waals surface area contributed by atoms with Crippen LogP contribution in [0.1, 0.15) is 30.0 Å². The number of hydrogen-bond donors (Lipinski definition) is 1. The van der Waals surface area contributed by atoms with Crippen molar-refractivity contribution in [3.8, 4) is 0 Å². The van der Waals surface area contributed by atoms with E-state index in [4.69, 9.17) is 11.6 Å². The zero-order chi connectivity index (χ0) is 9.26. The number of hydrogen-bond acceptors (Lipinski definition) is 1. The van der Waals surface area contributed by atoms with Crippen LogP contribution in [-0.2, 0) is 0 Å². The minimum atomic E-state index is 0.479. The van der Waals surface area contributed by atoms with Crippen molar-refractivity contribution in [1.82, 2.24) is 5.32 Å². The van der Waals surface area contributed by atoms with E-state index in [0.717, 1.165) is 11.6 Å². The van der Waals surface area contributed by atoms with Crippen LogP contribution in [0.4, 0.5) is 0 Å². The standard InChI is InChI=1S/C11H14ClN/c1-8-4-5-10(12)9(7-8)11-3-2-6-13-11/h4-5,7,11,13H,2-3,6H2,1H3. The highest BCUT2D eigenvalue weighted by Gasteiger charge is 2.18. The largest absolute Gasteiger partial charge is 0.310 e. The van der Waals surface area contributed by atoms with Crippen molar-refractivity contribution < 1.29 is 0 Å². The lowest BCUT2D eigenvalue weighted by Gasteiger charge is -2.13. The Labute approximate surface area is 84.1 Å². The monoisotopic (exact) mass is 195 g/mol. The van der Waals surface area contributed by atoms with Crippen molar-refractivity contribution in [2.24, 2.45) is 0 Å². The van der Waals surface area contributed by atoms with Crippen LogP contribution < -0.4 is 5.32 Å². The first-order valence-corrected chi connectivity index (χ1v) is 5.14. The Hall–Kier alpha value is -0.530. The van der Waals surface area contributed by atoms with Gasteiger partial charge in [0.15, 0.2) is 0 Å². The summed E-state index contributed by atoms with van der Waals surface area (Å²) < 4.78 is 0. The van der Waals surface area contributed by atoms with Crippen LogP contribution in [0.3, 0.4) is 0 Å². The number of halogens is 1. The molecule has 0 spiro atoms. The molecule has 1 saturated heterocycles. The topological polar surface area (TPSA) is 12.0 Å². The van der Waals surface area contributed by atoms with Crippen molar-refractivity contribution in [3.05, 3.63) is 34.3 Å². The Bertz CT molecular complexity index is 303. The first-order valence-electron chi connectivity index (χ1n) is 4.77. The molecule has 0 saturated carbocycles. The van der Waals surface area contributed by atoms with Gasteiger partial charge in [-0.2, -0.15) is 0 Å². The Morgan fingerprint density at radius 3 is 3.00 bits per heavy atom. The van der Waals surface area contributed by atoms with Gasteiger partial charge in [0.05, 0.1) is 0 Å². The Balaban J connectivity index is 2.32. The first-order chi connectivity index (χ1) is 6.27. The summed E-state index contributed by atoms with van der Waals surface area (Å²) in [7, 11) is 0. The van der Waals surface area contributed by atoms with Gasteiger partial charge in [0, 0.05) is 11.1 Å². The molecule has 0 aromatic heterocycles. The van der Waals surface area contributed by atoms with Crippen molar-refractivity contribution in [2.45, 2.75) is 25.8 Å². The molecule has 1 aliphatic rings. The van der Waals surface area contributed by atoms with Gasteiger partial charge >= 0.3 is 0 Å². The maximum Gasteiger partial charge on any atom is 0.0453 e. The van der Waals surface area contributed by atoms with Crippen LogP contribution >= 0.6 is 11.6 Å². The second-order valence-corrected chi connectivity index (χ2v) is 4.08. The fourth-order valence-electron chi connectivity index (χ4n) is 1.88.